The molecule has 0 aliphatic rings. The molecule has 5 aromatic rings. The van der Waals surface area contributed by atoms with Gasteiger partial charge in [-0.2, -0.15) is 0 Å². The van der Waals surface area contributed by atoms with Crippen LogP contribution in [0.1, 0.15) is 10.4 Å². The van der Waals surface area contributed by atoms with Gasteiger partial charge in [-0.25, -0.2) is 0 Å². The normalized spacial score (nSPS) is 10.9. The van der Waals surface area contributed by atoms with E-state index in [-0.39, 0.29) is 0 Å². The summed E-state index contributed by atoms with van der Waals surface area (Å²) in [4.78, 5) is 24.2. The largest absolute Gasteiger partial charge is 0.294 e. The second-order valence-electron chi connectivity index (χ2n) is 7.31. The summed E-state index contributed by atoms with van der Waals surface area (Å²) >= 11 is 0. The first-order valence-corrected chi connectivity index (χ1v) is 9.86. The average molecular weight is 386 g/mol. The van der Waals surface area contributed by atoms with Gasteiger partial charge in [0, 0.05) is 5.56 Å². The van der Waals surface area contributed by atoms with E-state index in [1.807, 2.05) is 60.7 Å². The zero-order valence-corrected chi connectivity index (χ0v) is 16.2. The molecule has 0 aliphatic carbocycles. The molecule has 142 valence electrons. The van der Waals surface area contributed by atoms with Crippen molar-refractivity contribution in [2.45, 2.75) is 0 Å². The maximum absolute atomic E-state index is 12.7. The minimum atomic E-state index is -0.497. The van der Waals surface area contributed by atoms with Gasteiger partial charge in [0.1, 0.15) is 0 Å². The van der Waals surface area contributed by atoms with Gasteiger partial charge in [-0.15, -0.1) is 0 Å². The van der Waals surface area contributed by atoms with E-state index < -0.39 is 5.78 Å². The highest BCUT2D eigenvalue weighted by molar-refractivity contribution is 6.40. The van der Waals surface area contributed by atoms with Gasteiger partial charge < -0.3 is 0 Å². The summed E-state index contributed by atoms with van der Waals surface area (Å²) in [5.41, 5.74) is 4.76. The fourth-order valence-electron chi connectivity index (χ4n) is 4.15. The minimum absolute atomic E-state index is 0.411. The molecule has 5 aromatic carbocycles. The third kappa shape index (κ3) is 2.99. The van der Waals surface area contributed by atoms with Crippen molar-refractivity contribution in [3.8, 4) is 22.3 Å². The minimum Gasteiger partial charge on any atom is -0.294 e. The predicted molar refractivity (Wildman–Crippen MR) is 123 cm³/mol. The van der Waals surface area contributed by atoms with Crippen LogP contribution in [0.25, 0.3) is 43.8 Å². The molecule has 0 radical (unpaired) electrons. The summed E-state index contributed by atoms with van der Waals surface area (Å²) in [5.74, 6) is -0.497. The van der Waals surface area contributed by atoms with Gasteiger partial charge in [0.05, 0.1) is 0 Å². The standard InChI is InChI=1S/C28H18O2/c29-18-27(30)28-23-14-8-7-13-21(23)15-22-16-24(19-9-3-1-4-10-19)25(17-26(22)28)20-11-5-2-6-12-20/h1-18H. The van der Waals surface area contributed by atoms with Crippen LogP contribution < -0.4 is 0 Å². The molecule has 0 fully saturated rings. The lowest BCUT2D eigenvalue weighted by Gasteiger charge is -2.15. The van der Waals surface area contributed by atoms with Gasteiger partial charge in [0.2, 0.25) is 5.78 Å². The Morgan fingerprint density at radius 1 is 0.567 bits per heavy atom. The van der Waals surface area contributed by atoms with E-state index in [1.54, 1.807) is 0 Å². The Morgan fingerprint density at radius 3 is 1.77 bits per heavy atom. The quantitative estimate of drug-likeness (QED) is 0.149. The van der Waals surface area contributed by atoms with Gasteiger partial charge >= 0.3 is 0 Å². The Labute approximate surface area is 174 Å². The second kappa shape index (κ2) is 7.41. The smallest absolute Gasteiger partial charge is 0.226 e. The van der Waals surface area contributed by atoms with Crippen molar-refractivity contribution < 1.29 is 9.59 Å². The van der Waals surface area contributed by atoms with Crippen molar-refractivity contribution in [1.29, 1.82) is 0 Å². The molecule has 5 rings (SSSR count). The van der Waals surface area contributed by atoms with Crippen molar-refractivity contribution in [3.05, 3.63) is 109 Å². The molecule has 2 nitrogen and oxygen atoms in total. The summed E-state index contributed by atoms with van der Waals surface area (Å²) in [6.07, 6.45) is 0.411. The monoisotopic (exact) mass is 386 g/mol. The zero-order valence-electron chi connectivity index (χ0n) is 16.2. The van der Waals surface area contributed by atoms with E-state index in [0.717, 1.165) is 43.8 Å². The number of hydrogen-bond acceptors (Lipinski definition) is 2. The third-order valence-corrected chi connectivity index (χ3v) is 5.52. The predicted octanol–water partition coefficient (Wildman–Crippen LogP) is 6.71. The molecule has 0 saturated carbocycles. The van der Waals surface area contributed by atoms with Gasteiger partial charge in [-0.3, -0.25) is 9.59 Å². The highest BCUT2D eigenvalue weighted by Gasteiger charge is 2.17. The maximum atomic E-state index is 12.7. The van der Waals surface area contributed by atoms with E-state index >= 15 is 0 Å². The van der Waals surface area contributed by atoms with Crippen LogP contribution in [0.4, 0.5) is 0 Å². The molecule has 0 unspecified atom stereocenters. The number of benzene rings is 5. The van der Waals surface area contributed by atoms with Crippen LogP contribution in [0.2, 0.25) is 0 Å². The molecule has 2 heteroatoms. The number of carbonyl (C=O) groups excluding carboxylic acids is 2. The van der Waals surface area contributed by atoms with Crippen LogP contribution >= 0.6 is 0 Å². The van der Waals surface area contributed by atoms with Crippen LogP contribution in [0, 0.1) is 0 Å². The molecule has 0 aromatic heterocycles. The fraction of sp³-hybridized carbons (Fsp3) is 0. The van der Waals surface area contributed by atoms with E-state index in [4.69, 9.17) is 0 Å². The SMILES string of the molecule is O=CC(=O)c1c2ccccc2cc2cc(-c3ccccc3)c(-c3ccccc3)cc12. The number of ketones is 1. The van der Waals surface area contributed by atoms with Gasteiger partial charge in [0.25, 0.3) is 0 Å². The van der Waals surface area contributed by atoms with Crippen LogP contribution in [-0.2, 0) is 4.79 Å². The molecule has 0 atom stereocenters. The lowest BCUT2D eigenvalue weighted by Crippen LogP contribution is -2.03. The van der Waals surface area contributed by atoms with Crippen LogP contribution in [0.15, 0.2) is 103 Å². The fourth-order valence-corrected chi connectivity index (χ4v) is 4.15. The first kappa shape index (κ1) is 18.0. The molecule has 0 bridgehead atoms. The molecule has 30 heavy (non-hydrogen) atoms. The van der Waals surface area contributed by atoms with Crippen molar-refractivity contribution in [3.63, 3.8) is 0 Å². The first-order valence-electron chi connectivity index (χ1n) is 9.86. The van der Waals surface area contributed by atoms with Crippen molar-refractivity contribution >= 4 is 33.6 Å². The summed E-state index contributed by atoms with van der Waals surface area (Å²) in [7, 11) is 0. The zero-order chi connectivity index (χ0) is 20.5. The molecule has 0 spiro atoms. The Bertz CT molecular complexity index is 1400. The lowest BCUT2D eigenvalue weighted by molar-refractivity contribution is -0.104. The van der Waals surface area contributed by atoms with E-state index in [2.05, 4.69) is 42.5 Å². The van der Waals surface area contributed by atoms with Crippen LogP contribution in [0.5, 0.6) is 0 Å². The molecule has 0 N–H and O–H groups in total. The molecule has 0 saturated heterocycles. The third-order valence-electron chi connectivity index (χ3n) is 5.52. The number of aldehydes is 1. The Morgan fingerprint density at radius 2 is 1.13 bits per heavy atom. The first-order chi connectivity index (χ1) is 14.8. The number of carbonyl (C=O) groups is 2. The van der Waals surface area contributed by atoms with E-state index in [1.165, 1.54) is 0 Å². The van der Waals surface area contributed by atoms with Crippen LogP contribution in [0.3, 0.4) is 0 Å². The van der Waals surface area contributed by atoms with Gasteiger partial charge in [0.15, 0.2) is 6.29 Å². The highest BCUT2D eigenvalue weighted by Crippen LogP contribution is 2.38. The highest BCUT2D eigenvalue weighted by atomic mass is 16.2. The van der Waals surface area contributed by atoms with E-state index in [9.17, 15) is 9.59 Å². The molecular formula is C28H18O2. The van der Waals surface area contributed by atoms with Crippen molar-refractivity contribution in [2.75, 3.05) is 0 Å². The van der Waals surface area contributed by atoms with Crippen molar-refractivity contribution in [1.82, 2.24) is 0 Å². The number of rotatable bonds is 4. The second-order valence-corrected chi connectivity index (χ2v) is 7.31. The summed E-state index contributed by atoms with van der Waals surface area (Å²) in [6, 6.07) is 34.3. The summed E-state index contributed by atoms with van der Waals surface area (Å²) < 4.78 is 0. The number of hydrogen-bond donors (Lipinski definition) is 0. The van der Waals surface area contributed by atoms with Gasteiger partial charge in [-0.1, -0.05) is 84.9 Å². The maximum Gasteiger partial charge on any atom is 0.226 e. The number of Topliss-reactive ketones (excluding diaryl/α,β-unsaturated/α-hetero) is 1. The topological polar surface area (TPSA) is 34.1 Å². The van der Waals surface area contributed by atoms with Crippen LogP contribution in [-0.4, -0.2) is 12.1 Å². The number of fused-ring (bicyclic) bond motifs is 2. The van der Waals surface area contributed by atoms with Crippen molar-refractivity contribution in [2.24, 2.45) is 0 Å². The molecule has 0 amide bonds. The Balaban J connectivity index is 1.94. The molecule has 0 aliphatic heterocycles. The average Bonchev–Trinajstić information content (AvgIpc) is 2.82. The Kier molecular flexibility index (Phi) is 4.45. The Hall–Kier alpha value is -4.04. The molecule has 0 heterocycles. The lowest BCUT2D eigenvalue weighted by atomic mass is 9.87. The molecular weight excluding hydrogens is 368 g/mol. The van der Waals surface area contributed by atoms with E-state index in [0.29, 0.717) is 11.8 Å². The summed E-state index contributed by atoms with van der Waals surface area (Å²) in [5, 5.41) is 3.48. The summed E-state index contributed by atoms with van der Waals surface area (Å²) in [6.45, 7) is 0. The van der Waals surface area contributed by atoms with Gasteiger partial charge in [-0.05, 0) is 62.0 Å².